The van der Waals surface area contributed by atoms with E-state index in [4.69, 9.17) is 9.84 Å². The number of hydrogen-bond acceptors (Lipinski definition) is 4. The molecule has 19 heavy (non-hydrogen) atoms. The first kappa shape index (κ1) is 13.1. The third kappa shape index (κ3) is 2.31. The normalized spacial score (nSPS) is 12.2. The van der Waals surface area contributed by atoms with Crippen molar-refractivity contribution in [3.63, 3.8) is 0 Å². The van der Waals surface area contributed by atoms with Gasteiger partial charge in [-0.1, -0.05) is 12.1 Å². The maximum Gasteiger partial charge on any atom is 0.326 e. The summed E-state index contributed by atoms with van der Waals surface area (Å²) >= 11 is 0. The summed E-state index contributed by atoms with van der Waals surface area (Å²) in [6.07, 6.45) is 1.66. The van der Waals surface area contributed by atoms with Gasteiger partial charge in [0.25, 0.3) is 0 Å². The molecule has 0 aliphatic carbocycles. The molecule has 2 rings (SSSR count). The molecule has 0 radical (unpaired) electrons. The number of ether oxygens (including phenoxy) is 1. The second-order valence-electron chi connectivity index (χ2n) is 4.32. The highest BCUT2D eigenvalue weighted by Crippen LogP contribution is 2.31. The largest absolute Gasteiger partial charge is 0.496 e. The summed E-state index contributed by atoms with van der Waals surface area (Å²) in [6.45, 7) is 1.63. The molecule has 0 saturated carbocycles. The number of fused-ring (bicyclic) bond motifs is 1. The van der Waals surface area contributed by atoms with Crippen LogP contribution >= 0.6 is 0 Å². The van der Waals surface area contributed by atoms with Crippen molar-refractivity contribution >= 4 is 22.6 Å². The Bertz CT molecular complexity index is 613. The Kier molecular flexibility index (Phi) is 3.55. The van der Waals surface area contributed by atoms with Crippen molar-refractivity contribution in [2.75, 3.05) is 19.1 Å². The van der Waals surface area contributed by atoms with Crippen LogP contribution in [0.4, 0.5) is 5.82 Å². The van der Waals surface area contributed by atoms with E-state index in [1.807, 2.05) is 24.3 Å². The predicted molar refractivity (Wildman–Crippen MR) is 73.8 cm³/mol. The van der Waals surface area contributed by atoms with Crippen LogP contribution in [0.3, 0.4) is 0 Å². The number of hydrogen-bond donors (Lipinski definition) is 1. The average Bonchev–Trinajstić information content (AvgIpc) is 2.44. The molecule has 0 amide bonds. The number of carboxylic acids is 1. The molecule has 1 unspecified atom stereocenters. The number of nitrogens with zero attached hydrogens (tertiary/aromatic N) is 2. The molecular weight excluding hydrogens is 244 g/mol. The molecule has 0 fully saturated rings. The van der Waals surface area contributed by atoms with Gasteiger partial charge >= 0.3 is 5.97 Å². The Morgan fingerprint density at radius 3 is 2.74 bits per heavy atom. The van der Waals surface area contributed by atoms with Crippen molar-refractivity contribution in [3.8, 4) is 5.75 Å². The third-order valence-corrected chi connectivity index (χ3v) is 3.24. The molecule has 1 atom stereocenters. The zero-order chi connectivity index (χ0) is 14.0. The number of methoxy groups -OCH3 is 1. The van der Waals surface area contributed by atoms with E-state index >= 15 is 0 Å². The topological polar surface area (TPSA) is 62.7 Å². The molecule has 1 N–H and O–H groups in total. The Morgan fingerprint density at radius 2 is 2.11 bits per heavy atom. The first-order chi connectivity index (χ1) is 9.06. The SMILES string of the molecule is COc1cccc2c(N(C)C(C)C(=O)O)nccc12. The lowest BCUT2D eigenvalue weighted by atomic mass is 10.1. The van der Waals surface area contributed by atoms with Crippen LogP contribution in [-0.4, -0.2) is 36.3 Å². The Labute approximate surface area is 111 Å². The van der Waals surface area contributed by atoms with E-state index in [0.717, 1.165) is 16.5 Å². The van der Waals surface area contributed by atoms with Gasteiger partial charge in [0, 0.05) is 24.0 Å². The molecular formula is C14H16N2O3. The predicted octanol–water partition coefficient (Wildman–Crippen LogP) is 2.15. The van der Waals surface area contributed by atoms with Crippen molar-refractivity contribution in [2.24, 2.45) is 0 Å². The summed E-state index contributed by atoms with van der Waals surface area (Å²) in [5.41, 5.74) is 0. The van der Waals surface area contributed by atoms with Crippen LogP contribution in [-0.2, 0) is 4.79 Å². The molecule has 5 heteroatoms. The van der Waals surface area contributed by atoms with Crippen LogP contribution in [0.25, 0.3) is 10.8 Å². The summed E-state index contributed by atoms with van der Waals surface area (Å²) in [4.78, 5) is 17.0. The Morgan fingerprint density at radius 1 is 1.37 bits per heavy atom. The second-order valence-corrected chi connectivity index (χ2v) is 4.32. The number of carboxylic acid groups (broad SMARTS) is 1. The minimum Gasteiger partial charge on any atom is -0.496 e. The number of aromatic nitrogens is 1. The van der Waals surface area contributed by atoms with Crippen LogP contribution in [0.2, 0.25) is 0 Å². The van der Waals surface area contributed by atoms with Gasteiger partial charge in [-0.05, 0) is 19.1 Å². The summed E-state index contributed by atoms with van der Waals surface area (Å²) in [6, 6.07) is 6.85. The Hall–Kier alpha value is -2.30. The van der Waals surface area contributed by atoms with Gasteiger partial charge in [-0.25, -0.2) is 9.78 Å². The highest BCUT2D eigenvalue weighted by molar-refractivity contribution is 5.97. The summed E-state index contributed by atoms with van der Waals surface area (Å²) in [5, 5.41) is 10.9. The monoisotopic (exact) mass is 260 g/mol. The standard InChI is InChI=1S/C14H16N2O3/c1-9(14(17)18)16(2)13-11-5-4-6-12(19-3)10(11)7-8-15-13/h4-9H,1-3H3,(H,17,18). The molecule has 0 bridgehead atoms. The molecule has 2 aromatic rings. The average molecular weight is 260 g/mol. The van der Waals surface area contributed by atoms with E-state index in [0.29, 0.717) is 5.82 Å². The van der Waals surface area contributed by atoms with E-state index in [2.05, 4.69) is 4.98 Å². The molecule has 0 saturated heterocycles. The number of anilines is 1. The zero-order valence-electron chi connectivity index (χ0n) is 11.1. The fraction of sp³-hybridized carbons (Fsp3) is 0.286. The molecule has 0 aliphatic heterocycles. The van der Waals surface area contributed by atoms with Gasteiger partial charge in [0.1, 0.15) is 17.6 Å². The molecule has 1 aromatic carbocycles. The lowest BCUT2D eigenvalue weighted by molar-refractivity contribution is -0.138. The smallest absolute Gasteiger partial charge is 0.326 e. The fourth-order valence-electron chi connectivity index (χ4n) is 1.97. The van der Waals surface area contributed by atoms with Crippen LogP contribution < -0.4 is 9.64 Å². The molecule has 1 aromatic heterocycles. The van der Waals surface area contributed by atoms with Gasteiger partial charge in [-0.15, -0.1) is 0 Å². The summed E-state index contributed by atoms with van der Waals surface area (Å²) in [5.74, 6) is 0.494. The number of likely N-dealkylation sites (N-methyl/N-ethyl adjacent to an activating group) is 1. The van der Waals surface area contributed by atoms with Gasteiger partial charge in [0.15, 0.2) is 0 Å². The number of carbonyl (C=O) groups is 1. The number of pyridine rings is 1. The molecule has 100 valence electrons. The summed E-state index contributed by atoms with van der Waals surface area (Å²) < 4.78 is 5.31. The molecule has 0 spiro atoms. The van der Waals surface area contributed by atoms with Crippen LogP contribution in [0.5, 0.6) is 5.75 Å². The zero-order valence-corrected chi connectivity index (χ0v) is 11.1. The van der Waals surface area contributed by atoms with Crippen LogP contribution in [0.15, 0.2) is 30.5 Å². The van der Waals surface area contributed by atoms with Crippen LogP contribution in [0, 0.1) is 0 Å². The van der Waals surface area contributed by atoms with E-state index in [1.54, 1.807) is 32.2 Å². The second kappa shape index (κ2) is 5.14. The number of aliphatic carboxylic acids is 1. The van der Waals surface area contributed by atoms with E-state index in [9.17, 15) is 4.79 Å². The third-order valence-electron chi connectivity index (χ3n) is 3.24. The highest BCUT2D eigenvalue weighted by Gasteiger charge is 2.20. The van der Waals surface area contributed by atoms with Crippen molar-refractivity contribution in [1.82, 2.24) is 4.98 Å². The first-order valence-electron chi connectivity index (χ1n) is 5.93. The number of rotatable bonds is 4. The first-order valence-corrected chi connectivity index (χ1v) is 5.93. The van der Waals surface area contributed by atoms with Gasteiger partial charge in [-0.2, -0.15) is 0 Å². The molecule has 5 nitrogen and oxygen atoms in total. The van der Waals surface area contributed by atoms with Crippen molar-refractivity contribution in [3.05, 3.63) is 30.5 Å². The van der Waals surface area contributed by atoms with Gasteiger partial charge in [0.2, 0.25) is 0 Å². The number of benzene rings is 1. The van der Waals surface area contributed by atoms with Crippen molar-refractivity contribution < 1.29 is 14.6 Å². The van der Waals surface area contributed by atoms with Gasteiger partial charge < -0.3 is 14.7 Å². The maximum absolute atomic E-state index is 11.1. The quantitative estimate of drug-likeness (QED) is 0.912. The lowest BCUT2D eigenvalue weighted by Crippen LogP contribution is -2.36. The maximum atomic E-state index is 11.1. The van der Waals surface area contributed by atoms with Crippen molar-refractivity contribution in [1.29, 1.82) is 0 Å². The van der Waals surface area contributed by atoms with Crippen LogP contribution in [0.1, 0.15) is 6.92 Å². The minimum absolute atomic E-state index is 0.631. The molecule has 1 heterocycles. The molecule has 0 aliphatic rings. The van der Waals surface area contributed by atoms with E-state index in [-0.39, 0.29) is 0 Å². The van der Waals surface area contributed by atoms with E-state index in [1.165, 1.54) is 0 Å². The summed E-state index contributed by atoms with van der Waals surface area (Å²) in [7, 11) is 3.33. The lowest BCUT2D eigenvalue weighted by Gasteiger charge is -2.24. The van der Waals surface area contributed by atoms with Gasteiger partial charge in [0.05, 0.1) is 7.11 Å². The van der Waals surface area contributed by atoms with Crippen molar-refractivity contribution in [2.45, 2.75) is 13.0 Å². The highest BCUT2D eigenvalue weighted by atomic mass is 16.5. The fourth-order valence-corrected chi connectivity index (χ4v) is 1.97. The van der Waals surface area contributed by atoms with Gasteiger partial charge in [-0.3, -0.25) is 0 Å². The van der Waals surface area contributed by atoms with E-state index < -0.39 is 12.0 Å². The Balaban J connectivity index is 2.58. The minimum atomic E-state index is -0.885.